The molecule has 0 saturated carbocycles. The molecule has 1 amide bonds. The van der Waals surface area contributed by atoms with Gasteiger partial charge >= 0.3 is 0 Å². The number of carbonyl (C=O) groups is 1. The van der Waals surface area contributed by atoms with Gasteiger partial charge in [0.1, 0.15) is 0 Å². The molecule has 0 unspecified atom stereocenters. The van der Waals surface area contributed by atoms with Crippen LogP contribution < -0.4 is 0 Å². The van der Waals surface area contributed by atoms with E-state index in [-0.39, 0.29) is 29.5 Å². The topological polar surface area (TPSA) is 96.6 Å². The Kier molecular flexibility index (Phi) is 4.03. The summed E-state index contributed by atoms with van der Waals surface area (Å²) in [4.78, 5) is 21.6. The number of hydrogen-bond donors (Lipinski definition) is 0. The first kappa shape index (κ1) is 17.4. The van der Waals surface area contributed by atoms with E-state index in [9.17, 15) is 13.2 Å². The summed E-state index contributed by atoms with van der Waals surface area (Å²) in [5, 5.41) is 4.53. The number of fused-ring (bicyclic) bond motifs is 2. The van der Waals surface area contributed by atoms with E-state index in [1.807, 2.05) is 6.92 Å². The maximum absolute atomic E-state index is 13.4. The fourth-order valence-electron chi connectivity index (χ4n) is 4.21. The first-order valence-electron chi connectivity index (χ1n) is 8.80. The van der Waals surface area contributed by atoms with E-state index in [2.05, 4.69) is 15.0 Å². The largest absolute Gasteiger partial charge is 0.336 e. The fourth-order valence-corrected chi connectivity index (χ4v) is 6.22. The number of sulfone groups is 1. The van der Waals surface area contributed by atoms with Gasteiger partial charge in [0, 0.05) is 24.8 Å². The van der Waals surface area contributed by atoms with Crippen LogP contribution in [0.3, 0.4) is 0 Å². The van der Waals surface area contributed by atoms with E-state index in [1.165, 1.54) is 0 Å². The van der Waals surface area contributed by atoms with Crippen LogP contribution >= 0.6 is 0 Å². The second kappa shape index (κ2) is 6.02. The van der Waals surface area contributed by atoms with Gasteiger partial charge in [-0.25, -0.2) is 13.4 Å². The molecule has 0 bridgehead atoms. The highest BCUT2D eigenvalue weighted by Gasteiger charge is 2.47. The van der Waals surface area contributed by atoms with Gasteiger partial charge in [-0.3, -0.25) is 9.69 Å². The van der Waals surface area contributed by atoms with E-state index in [0.29, 0.717) is 41.1 Å². The number of hydrogen-bond acceptors (Lipinski definition) is 7. The number of aromatic nitrogens is 2. The van der Waals surface area contributed by atoms with E-state index < -0.39 is 9.84 Å². The highest BCUT2D eigenvalue weighted by Crippen LogP contribution is 2.30. The molecule has 2 aliphatic rings. The van der Waals surface area contributed by atoms with Crippen LogP contribution in [-0.2, 0) is 9.84 Å². The summed E-state index contributed by atoms with van der Waals surface area (Å²) in [6.07, 6.45) is 0. The van der Waals surface area contributed by atoms with E-state index in [1.54, 1.807) is 24.8 Å². The van der Waals surface area contributed by atoms with Crippen LogP contribution in [0.5, 0.6) is 0 Å². The van der Waals surface area contributed by atoms with Gasteiger partial charge in [0.25, 0.3) is 11.6 Å². The monoisotopic (exact) mass is 378 g/mol. The van der Waals surface area contributed by atoms with Crippen LogP contribution in [0.25, 0.3) is 11.1 Å². The molecule has 4 rings (SSSR count). The van der Waals surface area contributed by atoms with Crippen LogP contribution in [-0.4, -0.2) is 77.5 Å². The predicted molar refractivity (Wildman–Crippen MR) is 95.8 cm³/mol. The van der Waals surface area contributed by atoms with Crippen molar-refractivity contribution in [3.63, 3.8) is 0 Å². The first-order valence-corrected chi connectivity index (χ1v) is 10.6. The van der Waals surface area contributed by atoms with Gasteiger partial charge < -0.3 is 9.42 Å². The highest BCUT2D eigenvalue weighted by atomic mass is 32.2. The highest BCUT2D eigenvalue weighted by molar-refractivity contribution is 7.91. The molecule has 4 heterocycles. The molecular weight excluding hydrogens is 356 g/mol. The third kappa shape index (κ3) is 2.69. The zero-order valence-electron chi connectivity index (χ0n) is 15.1. The minimum Gasteiger partial charge on any atom is -0.336 e. The Morgan fingerprint density at radius 1 is 1.27 bits per heavy atom. The summed E-state index contributed by atoms with van der Waals surface area (Å²) in [5.74, 6) is -0.0306. The molecule has 0 spiro atoms. The molecule has 0 radical (unpaired) electrons. The molecule has 8 nitrogen and oxygen atoms in total. The second-order valence-electron chi connectivity index (χ2n) is 7.10. The van der Waals surface area contributed by atoms with Crippen molar-refractivity contribution in [3.8, 4) is 0 Å². The molecule has 2 saturated heterocycles. The van der Waals surface area contributed by atoms with Gasteiger partial charge in [0.15, 0.2) is 9.84 Å². The van der Waals surface area contributed by atoms with Crippen LogP contribution in [0.1, 0.15) is 28.7 Å². The Morgan fingerprint density at radius 3 is 2.73 bits per heavy atom. The Labute approximate surface area is 152 Å². The molecule has 0 aromatic carbocycles. The zero-order chi connectivity index (χ0) is 18.6. The van der Waals surface area contributed by atoms with Crippen molar-refractivity contribution in [2.45, 2.75) is 32.9 Å². The van der Waals surface area contributed by atoms with Crippen molar-refractivity contribution in [2.75, 3.05) is 31.1 Å². The molecule has 140 valence electrons. The van der Waals surface area contributed by atoms with E-state index >= 15 is 0 Å². The van der Waals surface area contributed by atoms with Gasteiger partial charge in [-0.15, -0.1) is 0 Å². The Balaban J connectivity index is 1.76. The average molecular weight is 378 g/mol. The summed E-state index contributed by atoms with van der Waals surface area (Å²) in [6, 6.07) is 1.29. The number of pyridine rings is 1. The van der Waals surface area contributed by atoms with Gasteiger partial charge in [-0.05, 0) is 26.5 Å². The van der Waals surface area contributed by atoms with E-state index in [0.717, 1.165) is 6.54 Å². The maximum Gasteiger partial charge on any atom is 0.258 e. The molecule has 0 aliphatic carbocycles. The normalized spacial score (nSPS) is 25.6. The quantitative estimate of drug-likeness (QED) is 0.762. The van der Waals surface area contributed by atoms with E-state index in [4.69, 9.17) is 4.52 Å². The Hall–Kier alpha value is -2.00. The molecule has 2 fully saturated rings. The number of amides is 1. The van der Waals surface area contributed by atoms with Crippen LogP contribution in [0.4, 0.5) is 0 Å². The lowest BCUT2D eigenvalue weighted by Gasteiger charge is -2.43. The summed E-state index contributed by atoms with van der Waals surface area (Å²) in [7, 11) is -3.15. The number of nitrogens with zero attached hydrogens (tertiary/aromatic N) is 4. The Bertz CT molecular complexity index is 984. The van der Waals surface area contributed by atoms with Gasteiger partial charge in [-0.1, -0.05) is 12.1 Å². The molecular formula is C17H22N4O4S. The molecule has 2 atom stereocenters. The van der Waals surface area contributed by atoms with Gasteiger partial charge in [-0.2, -0.15) is 0 Å². The predicted octanol–water partition coefficient (Wildman–Crippen LogP) is 0.783. The summed E-state index contributed by atoms with van der Waals surface area (Å²) >= 11 is 0. The van der Waals surface area contributed by atoms with Crippen LogP contribution in [0.15, 0.2) is 10.6 Å². The lowest BCUT2D eigenvalue weighted by Crippen LogP contribution is -2.60. The summed E-state index contributed by atoms with van der Waals surface area (Å²) < 4.78 is 29.7. The lowest BCUT2D eigenvalue weighted by atomic mass is 10.0. The molecule has 2 aromatic heterocycles. The van der Waals surface area contributed by atoms with Crippen molar-refractivity contribution in [1.82, 2.24) is 19.9 Å². The standard InChI is InChI=1S/C17H22N4O4S/c1-4-20-5-6-21(14-9-26(23,24)8-13(14)20)17(22)12-7-10(2)18-16-15(12)11(3)19-25-16/h7,13-14H,4-6,8-9H2,1-3H3/t13-,14+/m0/s1. The van der Waals surface area contributed by atoms with Gasteiger partial charge in [0.2, 0.25) is 0 Å². The number of rotatable bonds is 2. The first-order chi connectivity index (χ1) is 12.3. The number of aryl methyl sites for hydroxylation is 2. The molecule has 0 N–H and O–H groups in total. The Morgan fingerprint density at radius 2 is 2.00 bits per heavy atom. The lowest BCUT2D eigenvalue weighted by molar-refractivity contribution is 0.0351. The van der Waals surface area contributed by atoms with Crippen molar-refractivity contribution in [2.24, 2.45) is 0 Å². The van der Waals surface area contributed by atoms with Crippen LogP contribution in [0, 0.1) is 13.8 Å². The zero-order valence-corrected chi connectivity index (χ0v) is 15.9. The average Bonchev–Trinajstić information content (AvgIpc) is 3.11. The van der Waals surface area contributed by atoms with Crippen LogP contribution in [0.2, 0.25) is 0 Å². The van der Waals surface area contributed by atoms with Crippen molar-refractivity contribution < 1.29 is 17.7 Å². The molecule has 26 heavy (non-hydrogen) atoms. The minimum absolute atomic E-state index is 0.0235. The molecule has 2 aliphatic heterocycles. The molecule has 9 heteroatoms. The third-order valence-electron chi connectivity index (χ3n) is 5.43. The summed E-state index contributed by atoms with van der Waals surface area (Å²) in [6.45, 7) is 7.56. The molecule has 2 aromatic rings. The number of piperazine rings is 1. The SMILES string of the molecule is CCN1CCN(C(=O)c2cc(C)nc3onc(C)c23)[C@@H]2CS(=O)(=O)C[C@@H]21. The fraction of sp³-hybridized carbons (Fsp3) is 0.588. The van der Waals surface area contributed by atoms with Crippen molar-refractivity contribution >= 4 is 26.8 Å². The number of likely N-dealkylation sites (N-methyl/N-ethyl adjacent to an activating group) is 1. The third-order valence-corrected chi connectivity index (χ3v) is 7.13. The smallest absolute Gasteiger partial charge is 0.258 e. The maximum atomic E-state index is 13.4. The summed E-state index contributed by atoms with van der Waals surface area (Å²) in [5.41, 5.74) is 2.10. The minimum atomic E-state index is -3.15. The number of carbonyl (C=O) groups excluding carboxylic acids is 1. The second-order valence-corrected chi connectivity index (χ2v) is 9.25. The van der Waals surface area contributed by atoms with Gasteiger partial charge in [0.05, 0.1) is 34.2 Å². The van der Waals surface area contributed by atoms with Crippen molar-refractivity contribution in [1.29, 1.82) is 0 Å². The van der Waals surface area contributed by atoms with Crippen molar-refractivity contribution in [3.05, 3.63) is 23.0 Å².